The highest BCUT2D eigenvalue weighted by Gasteiger charge is 1.98. The van der Waals surface area contributed by atoms with E-state index in [2.05, 4.69) is 10.1 Å². The van der Waals surface area contributed by atoms with E-state index in [0.717, 1.165) is 0 Å². The van der Waals surface area contributed by atoms with Crippen LogP contribution in [0.4, 0.5) is 0 Å². The molecule has 0 aliphatic rings. The van der Waals surface area contributed by atoms with Gasteiger partial charge in [-0.25, -0.2) is 4.79 Å². The number of aromatic amines is 1. The number of aromatic nitrogens is 2. The molecule has 0 aliphatic carbocycles. The van der Waals surface area contributed by atoms with E-state index < -0.39 is 11.2 Å². The summed E-state index contributed by atoms with van der Waals surface area (Å²) in [4.78, 5) is 24.2. The second-order valence-electron chi connectivity index (χ2n) is 3.01. The molecule has 1 heterocycles. The number of hydrogen-bond acceptors (Lipinski definition) is 4. The fourth-order valence-electron chi connectivity index (χ4n) is 0.872. The van der Waals surface area contributed by atoms with E-state index in [-0.39, 0.29) is 0 Å². The summed E-state index contributed by atoms with van der Waals surface area (Å²) in [7, 11) is 5.07. The van der Waals surface area contributed by atoms with Gasteiger partial charge in [-0.3, -0.25) is 14.3 Å². The maximum absolute atomic E-state index is 11.1. The van der Waals surface area contributed by atoms with E-state index in [4.69, 9.17) is 0 Å². The lowest BCUT2D eigenvalue weighted by Crippen LogP contribution is -2.30. The van der Waals surface area contributed by atoms with Crippen LogP contribution in [-0.2, 0) is 7.05 Å². The van der Waals surface area contributed by atoms with Gasteiger partial charge in [-0.1, -0.05) is 0 Å². The number of hydrazone groups is 1. The van der Waals surface area contributed by atoms with Gasteiger partial charge in [0, 0.05) is 27.2 Å². The van der Waals surface area contributed by atoms with Crippen molar-refractivity contribution in [2.24, 2.45) is 12.1 Å². The predicted molar refractivity (Wildman–Crippen MR) is 53.6 cm³/mol. The second kappa shape index (κ2) is 3.91. The standard InChI is InChI=1S/C8H12N4O2/c1-11(2)9-5-6-4-7(13)10-8(14)12(6)3/h4-5H,1-3H3,(H,10,13,14)/b9-5+. The first kappa shape index (κ1) is 10.2. The molecule has 0 saturated heterocycles. The lowest BCUT2D eigenvalue weighted by atomic mass is 10.4. The Morgan fingerprint density at radius 1 is 1.50 bits per heavy atom. The van der Waals surface area contributed by atoms with Crippen molar-refractivity contribution in [3.8, 4) is 0 Å². The molecule has 6 heteroatoms. The minimum atomic E-state index is -0.447. The molecule has 0 saturated carbocycles. The molecule has 0 amide bonds. The Morgan fingerprint density at radius 3 is 2.71 bits per heavy atom. The molecule has 1 rings (SSSR count). The molecule has 6 nitrogen and oxygen atoms in total. The molecular formula is C8H12N4O2. The van der Waals surface area contributed by atoms with Crippen molar-refractivity contribution in [3.05, 3.63) is 32.6 Å². The molecule has 76 valence electrons. The van der Waals surface area contributed by atoms with Crippen molar-refractivity contribution >= 4 is 6.21 Å². The highest BCUT2D eigenvalue weighted by Crippen LogP contribution is 1.85. The zero-order valence-corrected chi connectivity index (χ0v) is 8.31. The van der Waals surface area contributed by atoms with E-state index in [1.807, 2.05) is 0 Å². The topological polar surface area (TPSA) is 70.5 Å². The van der Waals surface area contributed by atoms with E-state index in [1.54, 1.807) is 26.2 Å². The quantitative estimate of drug-likeness (QED) is 0.485. The number of hydrogen-bond donors (Lipinski definition) is 1. The molecule has 0 spiro atoms. The fourth-order valence-corrected chi connectivity index (χ4v) is 0.872. The number of nitrogens with one attached hydrogen (secondary N) is 1. The lowest BCUT2D eigenvalue weighted by Gasteiger charge is -2.04. The molecule has 0 aliphatic heterocycles. The zero-order valence-electron chi connectivity index (χ0n) is 8.31. The molecular weight excluding hydrogens is 184 g/mol. The lowest BCUT2D eigenvalue weighted by molar-refractivity contribution is 0.440. The average Bonchev–Trinajstić information content (AvgIpc) is 2.08. The molecule has 1 N–H and O–H groups in total. The van der Waals surface area contributed by atoms with E-state index in [0.29, 0.717) is 5.69 Å². The monoisotopic (exact) mass is 196 g/mol. The van der Waals surface area contributed by atoms with Crippen LogP contribution in [0.1, 0.15) is 5.69 Å². The Bertz CT molecular complexity index is 455. The molecule has 0 aromatic carbocycles. The van der Waals surface area contributed by atoms with Crippen LogP contribution in [0, 0.1) is 0 Å². The summed E-state index contributed by atoms with van der Waals surface area (Å²) in [6.07, 6.45) is 1.45. The first-order valence-corrected chi connectivity index (χ1v) is 4.02. The van der Waals surface area contributed by atoms with Crippen LogP contribution in [0.3, 0.4) is 0 Å². The van der Waals surface area contributed by atoms with Crippen LogP contribution < -0.4 is 11.2 Å². The van der Waals surface area contributed by atoms with E-state index in [1.165, 1.54) is 16.8 Å². The van der Waals surface area contributed by atoms with Gasteiger partial charge in [0.2, 0.25) is 0 Å². The Hall–Kier alpha value is -1.85. The molecule has 0 radical (unpaired) electrons. The number of rotatable bonds is 2. The second-order valence-corrected chi connectivity index (χ2v) is 3.01. The predicted octanol–water partition coefficient (Wildman–Crippen LogP) is -1.03. The van der Waals surface area contributed by atoms with Crippen molar-refractivity contribution in [2.45, 2.75) is 0 Å². The summed E-state index contributed by atoms with van der Waals surface area (Å²) in [6, 6.07) is 1.31. The minimum absolute atomic E-state index is 0.423. The molecule has 0 atom stereocenters. The zero-order chi connectivity index (χ0) is 10.7. The Morgan fingerprint density at radius 2 is 2.14 bits per heavy atom. The van der Waals surface area contributed by atoms with E-state index in [9.17, 15) is 9.59 Å². The van der Waals surface area contributed by atoms with Crippen molar-refractivity contribution in [1.29, 1.82) is 0 Å². The first-order valence-electron chi connectivity index (χ1n) is 4.02. The van der Waals surface area contributed by atoms with Crippen molar-refractivity contribution in [3.63, 3.8) is 0 Å². The van der Waals surface area contributed by atoms with Gasteiger partial charge in [-0.05, 0) is 0 Å². The van der Waals surface area contributed by atoms with Gasteiger partial charge in [-0.2, -0.15) is 5.10 Å². The third kappa shape index (κ3) is 2.32. The summed E-state index contributed by atoms with van der Waals surface area (Å²) in [5, 5.41) is 5.51. The van der Waals surface area contributed by atoms with Crippen molar-refractivity contribution in [1.82, 2.24) is 14.6 Å². The SMILES string of the molecule is CN(C)/N=C/c1cc(=O)[nH]c(=O)n1C. The third-order valence-electron chi connectivity index (χ3n) is 1.62. The number of nitrogens with zero attached hydrogens (tertiary/aromatic N) is 3. The highest BCUT2D eigenvalue weighted by atomic mass is 16.2. The van der Waals surface area contributed by atoms with Gasteiger partial charge in [0.05, 0.1) is 11.9 Å². The summed E-state index contributed by atoms with van der Waals surface area (Å²) in [5.74, 6) is 0. The Balaban J connectivity index is 3.22. The smallest absolute Gasteiger partial charge is 0.303 e. The minimum Gasteiger partial charge on any atom is -0.303 e. The summed E-state index contributed by atoms with van der Waals surface area (Å²) in [6.45, 7) is 0. The van der Waals surface area contributed by atoms with Gasteiger partial charge in [0.1, 0.15) is 0 Å². The van der Waals surface area contributed by atoms with Crippen molar-refractivity contribution < 1.29 is 0 Å². The van der Waals surface area contributed by atoms with Gasteiger partial charge >= 0.3 is 5.69 Å². The highest BCUT2D eigenvalue weighted by molar-refractivity contribution is 5.76. The first-order chi connectivity index (χ1) is 6.50. The fraction of sp³-hybridized carbons (Fsp3) is 0.375. The largest absolute Gasteiger partial charge is 0.328 e. The normalized spacial score (nSPS) is 10.8. The molecule has 1 aromatic heterocycles. The maximum atomic E-state index is 11.1. The molecule has 1 aromatic rings. The van der Waals surface area contributed by atoms with Crippen LogP contribution in [0.25, 0.3) is 0 Å². The average molecular weight is 196 g/mol. The van der Waals surface area contributed by atoms with Gasteiger partial charge in [0.15, 0.2) is 0 Å². The Kier molecular flexibility index (Phi) is 2.85. The third-order valence-corrected chi connectivity index (χ3v) is 1.62. The van der Waals surface area contributed by atoms with Gasteiger partial charge in [-0.15, -0.1) is 0 Å². The van der Waals surface area contributed by atoms with Crippen LogP contribution >= 0.6 is 0 Å². The van der Waals surface area contributed by atoms with Crippen LogP contribution in [0.5, 0.6) is 0 Å². The molecule has 14 heavy (non-hydrogen) atoms. The van der Waals surface area contributed by atoms with Crippen molar-refractivity contribution in [2.75, 3.05) is 14.1 Å². The van der Waals surface area contributed by atoms with Crippen LogP contribution in [-0.4, -0.2) is 34.9 Å². The number of H-pyrrole nitrogens is 1. The Labute approximate surface area is 80.5 Å². The summed E-state index contributed by atoms with van der Waals surface area (Å²) < 4.78 is 1.31. The van der Waals surface area contributed by atoms with Crippen LogP contribution in [0.2, 0.25) is 0 Å². The van der Waals surface area contributed by atoms with Gasteiger partial charge < -0.3 is 5.01 Å². The van der Waals surface area contributed by atoms with Crippen LogP contribution in [0.15, 0.2) is 20.8 Å². The van der Waals surface area contributed by atoms with Gasteiger partial charge in [0.25, 0.3) is 5.56 Å². The maximum Gasteiger partial charge on any atom is 0.328 e. The molecule has 0 fully saturated rings. The summed E-state index contributed by atoms with van der Waals surface area (Å²) in [5.41, 5.74) is -0.404. The van der Waals surface area contributed by atoms with E-state index >= 15 is 0 Å². The summed E-state index contributed by atoms with van der Waals surface area (Å²) >= 11 is 0. The molecule has 0 unspecified atom stereocenters. The molecule has 0 bridgehead atoms.